The lowest BCUT2D eigenvalue weighted by Gasteiger charge is -2.14. The van der Waals surface area contributed by atoms with E-state index in [1.54, 1.807) is 0 Å². The molecule has 104 valence electrons. The van der Waals surface area contributed by atoms with Gasteiger partial charge in [-0.2, -0.15) is 0 Å². The molecule has 0 aliphatic carbocycles. The minimum atomic E-state index is -0.387. The molecule has 0 bridgehead atoms. The van der Waals surface area contributed by atoms with Crippen LogP contribution in [-0.4, -0.2) is 37.5 Å². The van der Waals surface area contributed by atoms with E-state index in [1.807, 2.05) is 12.1 Å². The zero-order valence-electron chi connectivity index (χ0n) is 10.3. The number of halogens is 1. The second-order valence-corrected chi connectivity index (χ2v) is 5.20. The lowest BCUT2D eigenvalue weighted by molar-refractivity contribution is -0.271. The summed E-state index contributed by atoms with van der Waals surface area (Å²) >= 11 is 3.46. The van der Waals surface area contributed by atoms with Crippen LogP contribution in [0.25, 0.3) is 0 Å². The highest BCUT2D eigenvalue weighted by atomic mass is 79.9. The van der Waals surface area contributed by atoms with Gasteiger partial charge in [-0.05, 0) is 28.1 Å². The summed E-state index contributed by atoms with van der Waals surface area (Å²) < 4.78 is 11.8. The molecule has 3 rings (SSSR count). The molecule has 0 amide bonds. The molecule has 2 aliphatic rings. The monoisotopic (exact) mass is 330 g/mol. The maximum absolute atomic E-state index is 5.47. The Morgan fingerprint density at radius 1 is 1.26 bits per heavy atom. The van der Waals surface area contributed by atoms with Crippen LogP contribution in [0.4, 0.5) is 5.82 Å². The van der Waals surface area contributed by atoms with Crippen LogP contribution in [0.2, 0.25) is 0 Å². The molecule has 1 aromatic heterocycles. The van der Waals surface area contributed by atoms with Crippen molar-refractivity contribution < 1.29 is 19.2 Å². The average Bonchev–Trinajstić information content (AvgIpc) is 3.11. The number of pyridine rings is 1. The van der Waals surface area contributed by atoms with Gasteiger partial charge in [0.2, 0.25) is 6.29 Å². The van der Waals surface area contributed by atoms with Crippen LogP contribution >= 0.6 is 15.9 Å². The summed E-state index contributed by atoms with van der Waals surface area (Å²) in [7, 11) is 0. The number of hydrogen-bond donors (Lipinski definition) is 1. The summed E-state index contributed by atoms with van der Waals surface area (Å²) in [5, 5.41) is 3.23. The largest absolute Gasteiger partial charge is 0.367 e. The minimum absolute atomic E-state index is 0.0767. The predicted molar refractivity (Wildman–Crippen MR) is 70.5 cm³/mol. The second-order valence-electron chi connectivity index (χ2n) is 4.35. The van der Waals surface area contributed by atoms with E-state index < -0.39 is 0 Å². The Morgan fingerprint density at radius 3 is 2.84 bits per heavy atom. The smallest absolute Gasteiger partial charge is 0.202 e. The molecule has 2 aliphatic heterocycles. The van der Waals surface area contributed by atoms with Gasteiger partial charge in [0.1, 0.15) is 17.6 Å². The number of nitrogens with zero attached hydrogens (tertiary/aromatic N) is 1. The van der Waals surface area contributed by atoms with Crippen LogP contribution in [0.15, 0.2) is 16.6 Å². The molecule has 0 saturated carbocycles. The first kappa shape index (κ1) is 13.3. The molecule has 1 atom stereocenters. The number of anilines is 1. The van der Waals surface area contributed by atoms with Gasteiger partial charge in [-0.1, -0.05) is 0 Å². The van der Waals surface area contributed by atoms with E-state index >= 15 is 0 Å². The number of ether oxygens (including phenoxy) is 2. The van der Waals surface area contributed by atoms with Gasteiger partial charge in [-0.3, -0.25) is 0 Å². The molecule has 1 aromatic rings. The van der Waals surface area contributed by atoms with Gasteiger partial charge in [0, 0.05) is 17.4 Å². The summed E-state index contributed by atoms with van der Waals surface area (Å²) in [6.07, 6.45) is 0.584. The molecule has 0 radical (unpaired) electrons. The lowest BCUT2D eigenvalue weighted by atomic mass is 10.2. The van der Waals surface area contributed by atoms with Gasteiger partial charge < -0.3 is 14.8 Å². The molecule has 2 fully saturated rings. The summed E-state index contributed by atoms with van der Waals surface area (Å²) in [5.41, 5.74) is 0.756. The molecule has 6 nitrogen and oxygen atoms in total. The first-order valence-corrected chi connectivity index (χ1v) is 7.04. The van der Waals surface area contributed by atoms with Crippen LogP contribution in [0, 0.1) is 0 Å². The van der Waals surface area contributed by atoms with Crippen LogP contribution in [-0.2, 0) is 19.2 Å². The second kappa shape index (κ2) is 6.15. The minimum Gasteiger partial charge on any atom is -0.367 e. The Balaban J connectivity index is 1.66. The van der Waals surface area contributed by atoms with Crippen LogP contribution in [0.1, 0.15) is 18.4 Å². The first-order valence-electron chi connectivity index (χ1n) is 6.25. The predicted octanol–water partition coefficient (Wildman–Crippen LogP) is 2.02. The van der Waals surface area contributed by atoms with E-state index in [0.29, 0.717) is 26.4 Å². The van der Waals surface area contributed by atoms with Crippen molar-refractivity contribution in [1.29, 1.82) is 0 Å². The van der Waals surface area contributed by atoms with Crippen molar-refractivity contribution in [3.8, 4) is 0 Å². The van der Waals surface area contributed by atoms with Gasteiger partial charge in [0.25, 0.3) is 0 Å². The van der Waals surface area contributed by atoms with Crippen molar-refractivity contribution in [3.05, 3.63) is 22.3 Å². The lowest BCUT2D eigenvalue weighted by Crippen LogP contribution is -2.19. The number of rotatable bonds is 4. The van der Waals surface area contributed by atoms with Crippen molar-refractivity contribution >= 4 is 21.7 Å². The average molecular weight is 331 g/mol. The van der Waals surface area contributed by atoms with E-state index in [1.165, 1.54) is 0 Å². The molecular formula is C12H15BrN2O4. The zero-order chi connectivity index (χ0) is 13.1. The number of nitrogens with one attached hydrogen (secondary N) is 1. The highest BCUT2D eigenvalue weighted by Gasteiger charge is 2.23. The highest BCUT2D eigenvalue weighted by Crippen LogP contribution is 2.29. The fraction of sp³-hybridized carbons (Fsp3) is 0.583. The van der Waals surface area contributed by atoms with E-state index in [2.05, 4.69) is 26.2 Å². The van der Waals surface area contributed by atoms with E-state index in [0.717, 1.165) is 22.4 Å². The summed E-state index contributed by atoms with van der Waals surface area (Å²) in [6, 6.07) is 3.83. The van der Waals surface area contributed by atoms with Gasteiger partial charge >= 0.3 is 0 Å². The molecule has 0 aromatic carbocycles. The topological polar surface area (TPSA) is 61.8 Å². The standard InChI is InChI=1S/C12H15BrN2O4/c13-9-1-2-10(14-7-8-3-4-18-19-8)15-11(9)12-16-5-6-17-12/h1-2,8,12H,3-7H2,(H,14,15). The fourth-order valence-corrected chi connectivity index (χ4v) is 2.37. The fourth-order valence-electron chi connectivity index (χ4n) is 1.96. The van der Waals surface area contributed by atoms with Gasteiger partial charge in [0.05, 0.1) is 19.8 Å². The van der Waals surface area contributed by atoms with E-state index in [-0.39, 0.29) is 12.4 Å². The van der Waals surface area contributed by atoms with Crippen molar-refractivity contribution in [2.75, 3.05) is 31.7 Å². The molecule has 1 N–H and O–H groups in total. The Hall–Kier alpha value is -0.730. The van der Waals surface area contributed by atoms with Crippen molar-refractivity contribution in [2.24, 2.45) is 0 Å². The summed E-state index contributed by atoms with van der Waals surface area (Å²) in [4.78, 5) is 14.5. The summed E-state index contributed by atoms with van der Waals surface area (Å²) in [6.45, 7) is 2.52. The maximum atomic E-state index is 5.47. The zero-order valence-corrected chi connectivity index (χ0v) is 11.9. The molecule has 0 spiro atoms. The Bertz CT molecular complexity index is 434. The van der Waals surface area contributed by atoms with Gasteiger partial charge in [-0.15, -0.1) is 0 Å². The molecular weight excluding hydrogens is 316 g/mol. The Kier molecular flexibility index (Phi) is 4.29. The van der Waals surface area contributed by atoms with Crippen LogP contribution in [0.3, 0.4) is 0 Å². The third kappa shape index (κ3) is 3.24. The molecule has 7 heteroatoms. The number of aromatic nitrogens is 1. The maximum Gasteiger partial charge on any atom is 0.202 e. The van der Waals surface area contributed by atoms with E-state index in [9.17, 15) is 0 Å². The first-order chi connectivity index (χ1) is 9.33. The quantitative estimate of drug-likeness (QED) is 0.852. The molecule has 1 unspecified atom stereocenters. The Labute approximate surface area is 119 Å². The van der Waals surface area contributed by atoms with Crippen molar-refractivity contribution in [2.45, 2.75) is 18.8 Å². The summed E-state index contributed by atoms with van der Waals surface area (Å²) in [5.74, 6) is 0.771. The van der Waals surface area contributed by atoms with Crippen molar-refractivity contribution in [3.63, 3.8) is 0 Å². The molecule has 2 saturated heterocycles. The third-order valence-corrected chi connectivity index (χ3v) is 3.63. The van der Waals surface area contributed by atoms with Crippen molar-refractivity contribution in [1.82, 2.24) is 4.98 Å². The van der Waals surface area contributed by atoms with Gasteiger partial charge in [0.15, 0.2) is 0 Å². The SMILES string of the molecule is Brc1ccc(NCC2CCOO2)nc1C1OCCO1. The van der Waals surface area contributed by atoms with Crippen LogP contribution < -0.4 is 5.32 Å². The highest BCUT2D eigenvalue weighted by molar-refractivity contribution is 9.10. The molecule has 3 heterocycles. The van der Waals surface area contributed by atoms with E-state index in [4.69, 9.17) is 19.2 Å². The normalized spacial score (nSPS) is 23.9. The third-order valence-electron chi connectivity index (χ3n) is 2.96. The number of hydrogen-bond acceptors (Lipinski definition) is 6. The Morgan fingerprint density at radius 2 is 2.11 bits per heavy atom. The van der Waals surface area contributed by atoms with Crippen LogP contribution in [0.5, 0.6) is 0 Å². The molecule has 19 heavy (non-hydrogen) atoms. The van der Waals surface area contributed by atoms with Gasteiger partial charge in [-0.25, -0.2) is 14.8 Å².